The molecule has 0 amide bonds. The van der Waals surface area contributed by atoms with Crippen LogP contribution in [0.5, 0.6) is 5.75 Å². The van der Waals surface area contributed by atoms with Crippen molar-refractivity contribution in [2.75, 3.05) is 20.3 Å². The summed E-state index contributed by atoms with van der Waals surface area (Å²) in [6, 6.07) is 8.85. The lowest BCUT2D eigenvalue weighted by molar-refractivity contribution is 0.119. The maximum absolute atomic E-state index is 5.74. The Hall–Kier alpha value is -1.06. The minimum absolute atomic E-state index is 0.684. The first-order chi connectivity index (χ1) is 9.86. The van der Waals surface area contributed by atoms with Gasteiger partial charge in [0.25, 0.3) is 0 Å². The summed E-state index contributed by atoms with van der Waals surface area (Å²) >= 11 is 0. The molecule has 0 saturated heterocycles. The summed E-state index contributed by atoms with van der Waals surface area (Å²) in [5, 5.41) is 3.70. The quantitative estimate of drug-likeness (QED) is 0.703. The molecular formula is C17H25NO2. The molecule has 0 bridgehead atoms. The van der Waals surface area contributed by atoms with E-state index in [1.807, 2.05) is 12.1 Å². The Labute approximate surface area is 121 Å². The van der Waals surface area contributed by atoms with E-state index in [4.69, 9.17) is 9.47 Å². The van der Waals surface area contributed by atoms with Gasteiger partial charge >= 0.3 is 0 Å². The first-order valence-corrected chi connectivity index (χ1v) is 7.81. The molecule has 0 spiro atoms. The van der Waals surface area contributed by atoms with Gasteiger partial charge in [-0.25, -0.2) is 0 Å². The van der Waals surface area contributed by atoms with Crippen molar-refractivity contribution in [1.29, 1.82) is 0 Å². The molecule has 20 heavy (non-hydrogen) atoms. The smallest absolute Gasteiger partial charge is 0.118 e. The molecule has 2 saturated carbocycles. The number of hydrogen-bond donors (Lipinski definition) is 1. The second-order valence-electron chi connectivity index (χ2n) is 6.06. The van der Waals surface area contributed by atoms with Gasteiger partial charge in [0.15, 0.2) is 0 Å². The van der Waals surface area contributed by atoms with E-state index in [2.05, 4.69) is 17.4 Å². The number of ether oxygens (including phenoxy) is 2. The summed E-state index contributed by atoms with van der Waals surface area (Å²) in [6.45, 7) is 2.46. The summed E-state index contributed by atoms with van der Waals surface area (Å²) in [4.78, 5) is 0. The van der Waals surface area contributed by atoms with Gasteiger partial charge in [-0.05, 0) is 55.2 Å². The summed E-state index contributed by atoms with van der Waals surface area (Å²) in [6.07, 6.45) is 5.73. The standard InChI is InChI=1S/C17H25NO2/c1-19-16-8-2-13(3-9-16)12-20-11-10-18-17(14-4-5-14)15-6-7-15/h2-3,8-9,14-15,17-18H,4-7,10-12H2,1H3. The fraction of sp³-hybridized carbons (Fsp3) is 0.647. The van der Waals surface area contributed by atoms with Crippen LogP contribution in [-0.2, 0) is 11.3 Å². The zero-order chi connectivity index (χ0) is 13.8. The Balaban J connectivity index is 1.31. The Morgan fingerprint density at radius 2 is 1.75 bits per heavy atom. The number of benzene rings is 1. The largest absolute Gasteiger partial charge is 0.497 e. The number of hydrogen-bond acceptors (Lipinski definition) is 3. The summed E-state index contributed by atoms with van der Waals surface area (Å²) in [7, 11) is 1.69. The van der Waals surface area contributed by atoms with E-state index < -0.39 is 0 Å². The third kappa shape index (κ3) is 3.97. The Kier molecular flexibility index (Phi) is 4.58. The zero-order valence-corrected chi connectivity index (χ0v) is 12.3. The number of nitrogens with one attached hydrogen (secondary N) is 1. The zero-order valence-electron chi connectivity index (χ0n) is 12.3. The average molecular weight is 275 g/mol. The first-order valence-electron chi connectivity index (χ1n) is 7.81. The van der Waals surface area contributed by atoms with Crippen LogP contribution in [0.1, 0.15) is 31.2 Å². The summed E-state index contributed by atoms with van der Waals surface area (Å²) < 4.78 is 10.9. The van der Waals surface area contributed by atoms with Crippen molar-refractivity contribution in [1.82, 2.24) is 5.32 Å². The van der Waals surface area contributed by atoms with Gasteiger partial charge in [-0.15, -0.1) is 0 Å². The van der Waals surface area contributed by atoms with E-state index in [0.29, 0.717) is 6.61 Å². The lowest BCUT2D eigenvalue weighted by Crippen LogP contribution is -2.35. The highest BCUT2D eigenvalue weighted by atomic mass is 16.5. The molecule has 3 nitrogen and oxygen atoms in total. The van der Waals surface area contributed by atoms with E-state index in [1.54, 1.807) is 7.11 Å². The maximum atomic E-state index is 5.74. The number of methoxy groups -OCH3 is 1. The topological polar surface area (TPSA) is 30.5 Å². The third-order valence-corrected chi connectivity index (χ3v) is 4.31. The van der Waals surface area contributed by atoms with E-state index in [0.717, 1.165) is 36.8 Å². The Bertz CT molecular complexity index is 398. The summed E-state index contributed by atoms with van der Waals surface area (Å²) in [5.41, 5.74) is 1.20. The van der Waals surface area contributed by atoms with Crippen molar-refractivity contribution in [3.8, 4) is 5.75 Å². The van der Waals surface area contributed by atoms with E-state index in [1.165, 1.54) is 31.2 Å². The van der Waals surface area contributed by atoms with Crippen LogP contribution in [-0.4, -0.2) is 26.3 Å². The van der Waals surface area contributed by atoms with Crippen LogP contribution < -0.4 is 10.1 Å². The van der Waals surface area contributed by atoms with Gasteiger partial charge in [-0.2, -0.15) is 0 Å². The Morgan fingerprint density at radius 3 is 2.30 bits per heavy atom. The molecule has 2 aliphatic rings. The van der Waals surface area contributed by atoms with Crippen LogP contribution in [0.3, 0.4) is 0 Å². The second-order valence-corrected chi connectivity index (χ2v) is 6.06. The maximum Gasteiger partial charge on any atom is 0.118 e. The lowest BCUT2D eigenvalue weighted by Gasteiger charge is -2.17. The van der Waals surface area contributed by atoms with Gasteiger partial charge in [0.2, 0.25) is 0 Å². The molecule has 1 aromatic rings. The van der Waals surface area contributed by atoms with Crippen LogP contribution >= 0.6 is 0 Å². The van der Waals surface area contributed by atoms with Crippen molar-refractivity contribution in [3.05, 3.63) is 29.8 Å². The molecule has 3 rings (SSSR count). The molecule has 0 unspecified atom stereocenters. The normalized spacial score (nSPS) is 18.5. The molecule has 0 aromatic heterocycles. The fourth-order valence-corrected chi connectivity index (χ4v) is 2.84. The SMILES string of the molecule is COc1ccc(COCCNC(C2CC2)C2CC2)cc1. The molecule has 110 valence electrons. The highest BCUT2D eigenvalue weighted by Gasteiger charge is 2.40. The van der Waals surface area contributed by atoms with Crippen molar-refractivity contribution in [2.45, 2.75) is 38.3 Å². The fourth-order valence-electron chi connectivity index (χ4n) is 2.84. The van der Waals surface area contributed by atoms with E-state index in [-0.39, 0.29) is 0 Å². The van der Waals surface area contributed by atoms with Crippen LogP contribution in [0.4, 0.5) is 0 Å². The van der Waals surface area contributed by atoms with Gasteiger partial charge < -0.3 is 14.8 Å². The second kappa shape index (κ2) is 6.59. The van der Waals surface area contributed by atoms with E-state index in [9.17, 15) is 0 Å². The molecule has 0 atom stereocenters. The van der Waals surface area contributed by atoms with Gasteiger partial charge in [0.1, 0.15) is 5.75 Å². The Morgan fingerprint density at radius 1 is 1.10 bits per heavy atom. The van der Waals surface area contributed by atoms with Crippen LogP contribution in [0.2, 0.25) is 0 Å². The van der Waals surface area contributed by atoms with Crippen molar-refractivity contribution < 1.29 is 9.47 Å². The minimum atomic E-state index is 0.684. The molecule has 2 fully saturated rings. The molecule has 3 heteroatoms. The molecule has 2 aliphatic carbocycles. The molecule has 0 radical (unpaired) electrons. The van der Waals surface area contributed by atoms with Gasteiger partial charge in [0, 0.05) is 12.6 Å². The van der Waals surface area contributed by atoms with Crippen molar-refractivity contribution in [3.63, 3.8) is 0 Å². The molecule has 0 heterocycles. The number of rotatable bonds is 9. The van der Waals surface area contributed by atoms with Crippen LogP contribution in [0.25, 0.3) is 0 Å². The third-order valence-electron chi connectivity index (χ3n) is 4.31. The average Bonchev–Trinajstić information content (AvgIpc) is 3.37. The van der Waals surface area contributed by atoms with E-state index >= 15 is 0 Å². The van der Waals surface area contributed by atoms with Gasteiger partial charge in [-0.3, -0.25) is 0 Å². The predicted molar refractivity (Wildman–Crippen MR) is 79.9 cm³/mol. The van der Waals surface area contributed by atoms with Gasteiger partial charge in [0.05, 0.1) is 20.3 Å². The predicted octanol–water partition coefficient (Wildman–Crippen LogP) is 2.99. The summed E-state index contributed by atoms with van der Waals surface area (Å²) in [5.74, 6) is 2.82. The highest BCUT2D eigenvalue weighted by Crippen LogP contribution is 2.44. The minimum Gasteiger partial charge on any atom is -0.497 e. The lowest BCUT2D eigenvalue weighted by atomic mass is 10.1. The first kappa shape index (κ1) is 13.9. The van der Waals surface area contributed by atoms with Crippen molar-refractivity contribution in [2.24, 2.45) is 11.8 Å². The molecule has 1 N–H and O–H groups in total. The van der Waals surface area contributed by atoms with Gasteiger partial charge in [-0.1, -0.05) is 12.1 Å². The van der Waals surface area contributed by atoms with Crippen LogP contribution in [0, 0.1) is 11.8 Å². The monoisotopic (exact) mass is 275 g/mol. The molecule has 0 aliphatic heterocycles. The highest BCUT2D eigenvalue weighted by molar-refractivity contribution is 5.26. The molecular weight excluding hydrogens is 250 g/mol. The van der Waals surface area contributed by atoms with Crippen molar-refractivity contribution >= 4 is 0 Å². The van der Waals surface area contributed by atoms with Crippen LogP contribution in [0.15, 0.2) is 24.3 Å². The molecule has 1 aromatic carbocycles.